The van der Waals surface area contributed by atoms with Crippen molar-refractivity contribution < 1.29 is 9.31 Å². The number of fused-ring (bicyclic) bond motifs is 3. The molecule has 1 aliphatic heterocycles. The molecule has 4 bridgehead atoms. The molecule has 0 unspecified atom stereocenters. The predicted molar refractivity (Wildman–Crippen MR) is 130 cm³/mol. The lowest BCUT2D eigenvalue weighted by Gasteiger charge is -2.61. The zero-order chi connectivity index (χ0) is 22.8. The summed E-state index contributed by atoms with van der Waals surface area (Å²) in [5, 5.41) is 10.2. The summed E-state index contributed by atoms with van der Waals surface area (Å²) in [6.45, 7) is 8.48. The van der Waals surface area contributed by atoms with Gasteiger partial charge in [-0.15, -0.1) is 0 Å². The van der Waals surface area contributed by atoms with Crippen LogP contribution < -0.4 is 5.46 Å². The van der Waals surface area contributed by atoms with Crippen LogP contribution in [-0.2, 0) is 14.7 Å². The zero-order valence-corrected chi connectivity index (χ0v) is 20.2. The Hall–Kier alpha value is -2.09. The molecule has 0 amide bonds. The molecule has 1 heterocycles. The smallest absolute Gasteiger partial charge is 0.399 e. The Morgan fingerprint density at radius 2 is 1.48 bits per heavy atom. The summed E-state index contributed by atoms with van der Waals surface area (Å²) in [5.41, 5.74) is 6.67. The van der Waals surface area contributed by atoms with Gasteiger partial charge in [-0.25, -0.2) is 0 Å². The molecule has 1 saturated heterocycles. The van der Waals surface area contributed by atoms with Gasteiger partial charge >= 0.3 is 7.12 Å². The van der Waals surface area contributed by atoms with E-state index in [0.29, 0.717) is 11.8 Å². The molecular weight excluding hydrogens is 405 g/mol. The van der Waals surface area contributed by atoms with Gasteiger partial charge in [-0.2, -0.15) is 5.26 Å². The van der Waals surface area contributed by atoms with E-state index in [1.54, 1.807) is 0 Å². The van der Waals surface area contributed by atoms with Gasteiger partial charge < -0.3 is 9.31 Å². The van der Waals surface area contributed by atoms with E-state index in [2.05, 4.69) is 64.1 Å². The van der Waals surface area contributed by atoms with Gasteiger partial charge in [0.05, 0.1) is 22.8 Å². The lowest BCUT2D eigenvalue weighted by atomic mass is 9.42. The standard InChI is InChI=1S/C29H32BNO2/c1-27(2)28(3,4)33-30(32-27)22-8-9-23-24-7-5-6-19(16-31)26(24)29(25(23)15-22)20-11-17-10-18(13-20)14-21(29)12-17/h5-9,15,17-18,20-21H,10-14H2,1-4H3. The van der Waals surface area contributed by atoms with Gasteiger partial charge in [-0.3, -0.25) is 0 Å². The zero-order valence-electron chi connectivity index (χ0n) is 20.2. The van der Waals surface area contributed by atoms with Crippen molar-refractivity contribution in [1.29, 1.82) is 5.26 Å². The summed E-state index contributed by atoms with van der Waals surface area (Å²) in [6.07, 6.45) is 6.67. The van der Waals surface area contributed by atoms with Crippen LogP contribution >= 0.6 is 0 Å². The SMILES string of the molecule is CC1(C)OB(c2ccc3c(c2)C2(c4c(C#N)cccc4-3)C3CC4CC(C3)CC2C4)OC1(C)C. The minimum absolute atomic E-state index is 0.0237. The second-order valence-corrected chi connectivity index (χ2v) is 12.4. The first-order valence-electron chi connectivity index (χ1n) is 12.8. The Morgan fingerprint density at radius 3 is 2.09 bits per heavy atom. The number of hydrogen-bond donors (Lipinski definition) is 0. The molecule has 2 aromatic carbocycles. The molecule has 6 aliphatic rings. The van der Waals surface area contributed by atoms with E-state index in [4.69, 9.17) is 9.31 Å². The molecule has 5 fully saturated rings. The molecule has 2 aromatic rings. The minimum Gasteiger partial charge on any atom is -0.399 e. The molecule has 3 nitrogen and oxygen atoms in total. The molecule has 4 heteroatoms. The summed E-state index contributed by atoms with van der Waals surface area (Å²) in [6, 6.07) is 15.8. The predicted octanol–water partition coefficient (Wildman–Crippen LogP) is 5.58. The van der Waals surface area contributed by atoms with Gasteiger partial charge in [-0.1, -0.05) is 30.3 Å². The fourth-order valence-corrected chi connectivity index (χ4v) is 8.49. The van der Waals surface area contributed by atoms with Gasteiger partial charge in [0.1, 0.15) is 0 Å². The van der Waals surface area contributed by atoms with Crippen LogP contribution in [0, 0.1) is 35.0 Å². The van der Waals surface area contributed by atoms with Crippen LogP contribution in [0.15, 0.2) is 36.4 Å². The maximum Gasteiger partial charge on any atom is 0.494 e. The molecule has 0 N–H and O–H groups in total. The number of rotatable bonds is 1. The van der Waals surface area contributed by atoms with Crippen LogP contribution in [-0.4, -0.2) is 18.3 Å². The van der Waals surface area contributed by atoms with E-state index in [9.17, 15) is 5.26 Å². The first-order valence-corrected chi connectivity index (χ1v) is 12.8. The van der Waals surface area contributed by atoms with E-state index in [-0.39, 0.29) is 23.7 Å². The Balaban J connectivity index is 1.44. The largest absolute Gasteiger partial charge is 0.494 e. The summed E-state index contributed by atoms with van der Waals surface area (Å²) >= 11 is 0. The highest BCUT2D eigenvalue weighted by molar-refractivity contribution is 6.62. The maximum absolute atomic E-state index is 10.2. The lowest BCUT2D eigenvalue weighted by Crippen LogP contribution is -2.55. The van der Waals surface area contributed by atoms with E-state index < -0.39 is 0 Å². The summed E-state index contributed by atoms with van der Waals surface area (Å²) in [7, 11) is -0.353. The van der Waals surface area contributed by atoms with Gasteiger partial charge in [0.15, 0.2) is 0 Å². The number of nitriles is 1. The normalized spacial score (nSPS) is 36.2. The fraction of sp³-hybridized carbons (Fsp3) is 0.552. The van der Waals surface area contributed by atoms with Crippen LogP contribution in [0.5, 0.6) is 0 Å². The molecule has 0 atom stereocenters. The average molecular weight is 437 g/mol. The molecule has 8 rings (SSSR count). The van der Waals surface area contributed by atoms with Crippen molar-refractivity contribution in [3.05, 3.63) is 53.1 Å². The molecule has 0 radical (unpaired) electrons. The topological polar surface area (TPSA) is 42.2 Å². The van der Waals surface area contributed by atoms with Crippen LogP contribution in [0.3, 0.4) is 0 Å². The Bertz CT molecular complexity index is 1180. The van der Waals surface area contributed by atoms with E-state index >= 15 is 0 Å². The van der Waals surface area contributed by atoms with Crippen molar-refractivity contribution >= 4 is 12.6 Å². The third-order valence-corrected chi connectivity index (χ3v) is 10.3. The van der Waals surface area contributed by atoms with Crippen molar-refractivity contribution in [1.82, 2.24) is 0 Å². The molecule has 33 heavy (non-hydrogen) atoms. The maximum atomic E-state index is 10.2. The van der Waals surface area contributed by atoms with Gasteiger partial charge in [0, 0.05) is 5.41 Å². The number of hydrogen-bond acceptors (Lipinski definition) is 3. The monoisotopic (exact) mass is 437 g/mol. The second-order valence-electron chi connectivity index (χ2n) is 12.4. The van der Waals surface area contributed by atoms with E-state index in [1.807, 2.05) is 6.07 Å². The van der Waals surface area contributed by atoms with Crippen molar-refractivity contribution in [3.8, 4) is 17.2 Å². The Kier molecular flexibility index (Phi) is 3.89. The van der Waals surface area contributed by atoms with Crippen molar-refractivity contribution in [2.24, 2.45) is 23.7 Å². The first-order chi connectivity index (χ1) is 15.7. The van der Waals surface area contributed by atoms with Crippen molar-refractivity contribution in [2.75, 3.05) is 0 Å². The van der Waals surface area contributed by atoms with Gasteiger partial charge in [0.2, 0.25) is 0 Å². The summed E-state index contributed by atoms with van der Waals surface area (Å²) < 4.78 is 12.9. The van der Waals surface area contributed by atoms with Crippen molar-refractivity contribution in [2.45, 2.75) is 76.4 Å². The fourth-order valence-electron chi connectivity index (χ4n) is 8.49. The first kappa shape index (κ1) is 20.3. The van der Waals surface area contributed by atoms with Gasteiger partial charge in [-0.05, 0) is 117 Å². The quantitative estimate of drug-likeness (QED) is 0.547. The van der Waals surface area contributed by atoms with Crippen LogP contribution in [0.4, 0.5) is 0 Å². The van der Waals surface area contributed by atoms with Crippen LogP contribution in [0.25, 0.3) is 11.1 Å². The second kappa shape index (κ2) is 6.32. The van der Waals surface area contributed by atoms with Gasteiger partial charge in [0.25, 0.3) is 0 Å². The van der Waals surface area contributed by atoms with Crippen LogP contribution in [0.2, 0.25) is 0 Å². The van der Waals surface area contributed by atoms with Crippen molar-refractivity contribution in [3.63, 3.8) is 0 Å². The number of nitrogens with zero attached hydrogens (tertiary/aromatic N) is 1. The molecule has 4 saturated carbocycles. The molecule has 5 aliphatic carbocycles. The molecule has 0 aromatic heterocycles. The Morgan fingerprint density at radius 1 is 0.848 bits per heavy atom. The lowest BCUT2D eigenvalue weighted by molar-refractivity contribution is -0.0400. The highest BCUT2D eigenvalue weighted by Gasteiger charge is 2.62. The third-order valence-electron chi connectivity index (χ3n) is 10.3. The third kappa shape index (κ3) is 2.43. The minimum atomic E-state index is -0.353. The van der Waals surface area contributed by atoms with E-state index in [1.165, 1.54) is 54.4 Å². The molecule has 1 spiro atoms. The Labute approximate surface area is 197 Å². The molecular formula is C29H32BNO2. The molecule has 168 valence electrons. The number of benzene rings is 2. The summed E-state index contributed by atoms with van der Waals surface area (Å²) in [5.74, 6) is 3.03. The van der Waals surface area contributed by atoms with Crippen LogP contribution in [0.1, 0.15) is 76.5 Å². The van der Waals surface area contributed by atoms with E-state index in [0.717, 1.165) is 22.9 Å². The highest BCUT2D eigenvalue weighted by Crippen LogP contribution is 2.69. The average Bonchev–Trinajstić information content (AvgIpc) is 3.18. The highest BCUT2D eigenvalue weighted by atomic mass is 16.7. The summed E-state index contributed by atoms with van der Waals surface area (Å²) in [4.78, 5) is 0.